The SMILES string of the molecule is Cc1cc(-c2cnc3[nH]cc(-c4ccc(C(O)N(C)C)cc4)c3c2)cc2c1N1CCN(C)CC1CC2. The highest BCUT2D eigenvalue weighted by atomic mass is 16.3. The van der Waals surface area contributed by atoms with Gasteiger partial charge in [-0.2, -0.15) is 0 Å². The third-order valence-electron chi connectivity index (χ3n) is 7.97. The third kappa shape index (κ3) is 3.99. The van der Waals surface area contributed by atoms with Gasteiger partial charge in [0.15, 0.2) is 0 Å². The standard InChI is InChI=1S/C30H35N5O/c1-19-13-23(14-22-9-10-25-18-34(4)11-12-35(25)28(19)22)24-15-26-27(17-32-29(26)31-16-24)20-5-7-21(8-6-20)30(36)33(2)3/h5-8,13-17,25,30,36H,9-12,18H2,1-4H3,(H,31,32). The third-order valence-corrected chi connectivity index (χ3v) is 7.97. The van der Waals surface area contributed by atoms with E-state index in [9.17, 15) is 5.11 Å². The molecule has 0 bridgehead atoms. The molecular weight excluding hydrogens is 446 g/mol. The number of likely N-dealkylation sites (N-methyl/N-ethyl adjacent to an activating group) is 1. The zero-order valence-corrected chi connectivity index (χ0v) is 21.6. The molecule has 2 aliphatic rings. The van der Waals surface area contributed by atoms with Gasteiger partial charge in [-0.05, 0) is 86.9 Å². The van der Waals surface area contributed by atoms with Crippen LogP contribution in [0, 0.1) is 6.92 Å². The van der Waals surface area contributed by atoms with Crippen molar-refractivity contribution in [2.75, 3.05) is 45.7 Å². The van der Waals surface area contributed by atoms with E-state index in [-0.39, 0.29) is 0 Å². The van der Waals surface area contributed by atoms with E-state index in [1.807, 2.05) is 38.6 Å². The summed E-state index contributed by atoms with van der Waals surface area (Å²) in [6.45, 7) is 5.66. The van der Waals surface area contributed by atoms with Crippen molar-refractivity contribution in [3.8, 4) is 22.3 Å². The van der Waals surface area contributed by atoms with Crippen LogP contribution in [0.3, 0.4) is 0 Å². The number of aromatic nitrogens is 2. The minimum atomic E-state index is -0.608. The highest BCUT2D eigenvalue weighted by molar-refractivity contribution is 5.96. The molecule has 0 spiro atoms. The molecule has 36 heavy (non-hydrogen) atoms. The van der Waals surface area contributed by atoms with Crippen LogP contribution in [0.4, 0.5) is 5.69 Å². The Hall–Kier alpha value is -3.19. The molecule has 2 aromatic heterocycles. The number of aromatic amines is 1. The van der Waals surface area contributed by atoms with Crippen molar-refractivity contribution in [3.63, 3.8) is 0 Å². The molecule has 2 N–H and O–H groups in total. The number of nitrogens with zero attached hydrogens (tertiary/aromatic N) is 4. The number of anilines is 1. The summed E-state index contributed by atoms with van der Waals surface area (Å²) in [4.78, 5) is 15.0. The van der Waals surface area contributed by atoms with E-state index in [0.29, 0.717) is 6.04 Å². The highest BCUT2D eigenvalue weighted by Crippen LogP contribution is 2.39. The summed E-state index contributed by atoms with van der Waals surface area (Å²) in [5.74, 6) is 0. The molecule has 2 aromatic carbocycles. The Labute approximate surface area is 213 Å². The average Bonchev–Trinajstić information content (AvgIpc) is 3.31. The molecule has 0 amide bonds. The number of hydrogen-bond donors (Lipinski definition) is 2. The number of fused-ring (bicyclic) bond motifs is 4. The van der Waals surface area contributed by atoms with Crippen LogP contribution >= 0.6 is 0 Å². The van der Waals surface area contributed by atoms with Crippen molar-refractivity contribution in [3.05, 3.63) is 71.5 Å². The van der Waals surface area contributed by atoms with Crippen LogP contribution in [0.1, 0.15) is 29.3 Å². The number of rotatable bonds is 4. The van der Waals surface area contributed by atoms with Crippen molar-refractivity contribution in [2.45, 2.75) is 32.0 Å². The predicted octanol–water partition coefficient (Wildman–Crippen LogP) is 4.82. The second-order valence-electron chi connectivity index (χ2n) is 10.7. The number of aliphatic hydroxyl groups excluding tert-OH is 1. The fourth-order valence-corrected chi connectivity index (χ4v) is 6.03. The maximum atomic E-state index is 10.3. The predicted molar refractivity (Wildman–Crippen MR) is 147 cm³/mol. The van der Waals surface area contributed by atoms with Gasteiger partial charge in [0.2, 0.25) is 0 Å². The van der Waals surface area contributed by atoms with E-state index < -0.39 is 6.23 Å². The fourth-order valence-electron chi connectivity index (χ4n) is 6.03. The quantitative estimate of drug-likeness (QED) is 0.409. The summed E-state index contributed by atoms with van der Waals surface area (Å²) in [6, 6.07) is 15.8. The van der Waals surface area contributed by atoms with Crippen molar-refractivity contribution >= 4 is 16.7 Å². The van der Waals surface area contributed by atoms with Crippen molar-refractivity contribution in [2.24, 2.45) is 0 Å². The molecule has 4 heterocycles. The number of aliphatic hydroxyl groups is 1. The molecular formula is C30H35N5O. The lowest BCUT2D eigenvalue weighted by Gasteiger charge is -2.46. The summed E-state index contributed by atoms with van der Waals surface area (Å²) in [6.07, 6.45) is 5.77. The number of hydrogen-bond acceptors (Lipinski definition) is 5. The molecule has 0 radical (unpaired) electrons. The Morgan fingerprint density at radius 3 is 2.64 bits per heavy atom. The van der Waals surface area contributed by atoms with Gasteiger partial charge in [-0.25, -0.2) is 4.98 Å². The van der Waals surface area contributed by atoms with Crippen LogP contribution in [0.15, 0.2) is 54.9 Å². The van der Waals surface area contributed by atoms with Gasteiger partial charge < -0.3 is 19.9 Å². The van der Waals surface area contributed by atoms with Crippen molar-refractivity contribution in [1.82, 2.24) is 19.8 Å². The number of nitrogens with one attached hydrogen (secondary N) is 1. The summed E-state index contributed by atoms with van der Waals surface area (Å²) < 4.78 is 0. The molecule has 186 valence electrons. The molecule has 6 nitrogen and oxygen atoms in total. The van der Waals surface area contributed by atoms with Crippen LogP contribution in [-0.4, -0.2) is 71.7 Å². The lowest BCUT2D eigenvalue weighted by molar-refractivity contribution is 0.0395. The van der Waals surface area contributed by atoms with Gasteiger partial charge in [-0.15, -0.1) is 0 Å². The number of aryl methyl sites for hydroxylation is 2. The minimum Gasteiger partial charge on any atom is -0.374 e. The molecule has 1 saturated heterocycles. The Morgan fingerprint density at radius 2 is 1.86 bits per heavy atom. The van der Waals surface area contributed by atoms with Gasteiger partial charge in [0, 0.05) is 60.3 Å². The van der Waals surface area contributed by atoms with E-state index in [2.05, 4.69) is 59.1 Å². The van der Waals surface area contributed by atoms with E-state index in [1.165, 1.54) is 28.8 Å². The number of benzene rings is 2. The fraction of sp³-hybridized carbons (Fsp3) is 0.367. The first-order valence-electron chi connectivity index (χ1n) is 12.9. The lowest BCUT2D eigenvalue weighted by Crippen LogP contribution is -2.54. The number of pyridine rings is 1. The first-order valence-corrected chi connectivity index (χ1v) is 12.9. The highest BCUT2D eigenvalue weighted by Gasteiger charge is 2.31. The maximum Gasteiger partial charge on any atom is 0.137 e. The van der Waals surface area contributed by atoms with Gasteiger partial charge in [0.1, 0.15) is 11.9 Å². The lowest BCUT2D eigenvalue weighted by atomic mass is 9.89. The molecule has 1 fully saturated rings. The van der Waals surface area contributed by atoms with Gasteiger partial charge in [-0.3, -0.25) is 4.90 Å². The van der Waals surface area contributed by atoms with Crippen LogP contribution in [0.5, 0.6) is 0 Å². The van der Waals surface area contributed by atoms with Crippen LogP contribution in [0.25, 0.3) is 33.3 Å². The molecule has 0 aliphatic carbocycles. The zero-order chi connectivity index (χ0) is 25.0. The van der Waals surface area contributed by atoms with Gasteiger partial charge >= 0.3 is 0 Å². The second-order valence-corrected chi connectivity index (χ2v) is 10.7. The minimum absolute atomic E-state index is 0.608. The normalized spacial score (nSPS) is 18.9. The smallest absolute Gasteiger partial charge is 0.137 e. The molecule has 2 unspecified atom stereocenters. The Morgan fingerprint density at radius 1 is 1.06 bits per heavy atom. The number of H-pyrrole nitrogens is 1. The van der Waals surface area contributed by atoms with Crippen LogP contribution in [-0.2, 0) is 6.42 Å². The summed E-state index contributed by atoms with van der Waals surface area (Å²) in [5.41, 5.74) is 10.7. The Bertz CT molecular complexity index is 1410. The largest absolute Gasteiger partial charge is 0.374 e. The second kappa shape index (κ2) is 9.04. The zero-order valence-electron chi connectivity index (χ0n) is 21.6. The average molecular weight is 482 g/mol. The monoisotopic (exact) mass is 481 g/mol. The topological polar surface area (TPSA) is 58.6 Å². The molecule has 6 heteroatoms. The van der Waals surface area contributed by atoms with E-state index >= 15 is 0 Å². The first-order chi connectivity index (χ1) is 17.4. The van der Waals surface area contributed by atoms with Crippen molar-refractivity contribution in [1.29, 1.82) is 0 Å². The van der Waals surface area contributed by atoms with Gasteiger partial charge in [-0.1, -0.05) is 24.3 Å². The summed E-state index contributed by atoms with van der Waals surface area (Å²) in [7, 11) is 5.98. The van der Waals surface area contributed by atoms with Gasteiger partial charge in [0.05, 0.1) is 0 Å². The maximum absolute atomic E-state index is 10.3. The Kier molecular flexibility index (Phi) is 5.83. The van der Waals surface area contributed by atoms with E-state index in [0.717, 1.165) is 59.3 Å². The summed E-state index contributed by atoms with van der Waals surface area (Å²) >= 11 is 0. The molecule has 4 aromatic rings. The molecule has 2 atom stereocenters. The van der Waals surface area contributed by atoms with Crippen LogP contribution in [0.2, 0.25) is 0 Å². The molecule has 2 aliphatic heterocycles. The first kappa shape index (κ1) is 23.2. The van der Waals surface area contributed by atoms with E-state index in [1.54, 1.807) is 4.90 Å². The van der Waals surface area contributed by atoms with Crippen molar-refractivity contribution < 1.29 is 5.11 Å². The number of piperazine rings is 1. The van der Waals surface area contributed by atoms with Crippen LogP contribution < -0.4 is 4.90 Å². The van der Waals surface area contributed by atoms with Gasteiger partial charge in [0.25, 0.3) is 0 Å². The molecule has 6 rings (SSSR count). The Balaban J connectivity index is 1.35. The molecule has 0 saturated carbocycles. The summed E-state index contributed by atoms with van der Waals surface area (Å²) in [5, 5.41) is 11.5. The van der Waals surface area contributed by atoms with E-state index in [4.69, 9.17) is 4.98 Å².